The molecule has 24 heavy (non-hydrogen) atoms. The molecule has 1 aromatic heterocycles. The Balaban J connectivity index is 1.59. The molecule has 2 fully saturated rings. The molecule has 1 aromatic rings. The number of fused-ring (bicyclic) bond motifs is 2. The van der Waals surface area contributed by atoms with Crippen molar-refractivity contribution in [1.82, 2.24) is 24.5 Å². The molecule has 2 aliphatic heterocycles. The SMILES string of the molecule is CN1CCCn2nc(C(=O)N3CC4CCC4(N(C)C)C3)c(Cl)c2C1. The Kier molecular flexibility index (Phi) is 3.90. The Morgan fingerprint density at radius 3 is 2.79 bits per heavy atom. The zero-order valence-electron chi connectivity index (χ0n) is 14.8. The van der Waals surface area contributed by atoms with E-state index in [4.69, 9.17) is 11.6 Å². The van der Waals surface area contributed by atoms with Gasteiger partial charge in [-0.1, -0.05) is 11.6 Å². The summed E-state index contributed by atoms with van der Waals surface area (Å²) >= 11 is 6.57. The van der Waals surface area contributed by atoms with Crippen molar-refractivity contribution in [2.45, 2.75) is 37.9 Å². The maximum absolute atomic E-state index is 13.1. The minimum Gasteiger partial charge on any atom is -0.335 e. The number of halogens is 1. The van der Waals surface area contributed by atoms with E-state index < -0.39 is 0 Å². The second-order valence-corrected chi connectivity index (χ2v) is 8.22. The number of hydrogen-bond donors (Lipinski definition) is 0. The summed E-state index contributed by atoms with van der Waals surface area (Å²) in [7, 11) is 6.34. The van der Waals surface area contributed by atoms with E-state index in [0.29, 0.717) is 16.6 Å². The molecule has 2 unspecified atom stereocenters. The van der Waals surface area contributed by atoms with Crippen LogP contribution in [0.4, 0.5) is 0 Å². The zero-order valence-corrected chi connectivity index (χ0v) is 15.5. The average molecular weight is 352 g/mol. The molecule has 4 rings (SSSR count). The number of nitrogens with zero attached hydrogens (tertiary/aromatic N) is 5. The molecule has 3 aliphatic rings. The molecule has 7 heteroatoms. The summed E-state index contributed by atoms with van der Waals surface area (Å²) in [6.45, 7) is 4.24. The Morgan fingerprint density at radius 1 is 1.38 bits per heavy atom. The third kappa shape index (κ3) is 2.30. The average Bonchev–Trinajstić information content (AvgIpc) is 2.87. The highest BCUT2D eigenvalue weighted by Crippen LogP contribution is 2.48. The predicted molar refractivity (Wildman–Crippen MR) is 93.2 cm³/mol. The fourth-order valence-corrected chi connectivity index (χ4v) is 4.90. The molecule has 2 atom stereocenters. The lowest BCUT2D eigenvalue weighted by molar-refractivity contribution is 0.0272. The van der Waals surface area contributed by atoms with Gasteiger partial charge in [-0.3, -0.25) is 9.48 Å². The van der Waals surface area contributed by atoms with Crippen molar-refractivity contribution in [3.05, 3.63) is 16.4 Å². The minimum absolute atomic E-state index is 0.00106. The molecule has 1 amide bonds. The van der Waals surface area contributed by atoms with Gasteiger partial charge >= 0.3 is 0 Å². The van der Waals surface area contributed by atoms with E-state index in [2.05, 4.69) is 36.0 Å². The number of hydrogen-bond acceptors (Lipinski definition) is 4. The molecule has 1 aliphatic carbocycles. The van der Waals surface area contributed by atoms with Crippen LogP contribution in [0.5, 0.6) is 0 Å². The molecule has 0 spiro atoms. The highest BCUT2D eigenvalue weighted by atomic mass is 35.5. The molecule has 0 N–H and O–H groups in total. The number of aromatic nitrogens is 2. The summed E-state index contributed by atoms with van der Waals surface area (Å²) in [5, 5.41) is 5.13. The molecule has 0 aromatic carbocycles. The number of carbonyl (C=O) groups excluding carboxylic acids is 1. The van der Waals surface area contributed by atoms with Crippen molar-refractivity contribution in [3.63, 3.8) is 0 Å². The predicted octanol–water partition coefficient (Wildman–Crippen LogP) is 1.54. The first-order chi connectivity index (χ1) is 11.4. The van der Waals surface area contributed by atoms with Gasteiger partial charge in [-0.05, 0) is 46.3 Å². The lowest BCUT2D eigenvalue weighted by atomic mass is 9.68. The van der Waals surface area contributed by atoms with Crippen LogP contribution in [0.2, 0.25) is 5.02 Å². The second kappa shape index (κ2) is 5.71. The number of amides is 1. The largest absolute Gasteiger partial charge is 0.335 e. The van der Waals surface area contributed by atoms with Crippen molar-refractivity contribution in [1.29, 1.82) is 0 Å². The first kappa shape index (κ1) is 16.4. The third-order valence-electron chi connectivity index (χ3n) is 6.29. The van der Waals surface area contributed by atoms with Crippen LogP contribution in [0.3, 0.4) is 0 Å². The van der Waals surface area contributed by atoms with Crippen molar-refractivity contribution >= 4 is 17.5 Å². The number of likely N-dealkylation sites (tertiary alicyclic amines) is 1. The lowest BCUT2D eigenvalue weighted by Crippen LogP contribution is -2.57. The second-order valence-electron chi connectivity index (χ2n) is 7.84. The molecule has 0 radical (unpaired) electrons. The topological polar surface area (TPSA) is 44.6 Å². The first-order valence-corrected chi connectivity index (χ1v) is 9.20. The van der Waals surface area contributed by atoms with Gasteiger partial charge < -0.3 is 14.7 Å². The van der Waals surface area contributed by atoms with Gasteiger partial charge in [0.25, 0.3) is 5.91 Å². The Hall–Kier alpha value is -1.11. The summed E-state index contributed by atoms with van der Waals surface area (Å²) in [4.78, 5) is 19.6. The molecule has 132 valence electrons. The van der Waals surface area contributed by atoms with Crippen LogP contribution >= 0.6 is 11.6 Å². The number of likely N-dealkylation sites (N-methyl/N-ethyl adjacent to an activating group) is 1. The third-order valence-corrected chi connectivity index (χ3v) is 6.69. The smallest absolute Gasteiger partial charge is 0.276 e. The summed E-state index contributed by atoms with van der Waals surface area (Å²) in [5.41, 5.74) is 1.58. The fourth-order valence-electron chi connectivity index (χ4n) is 4.62. The van der Waals surface area contributed by atoms with Crippen molar-refractivity contribution in [2.24, 2.45) is 5.92 Å². The molecule has 6 nitrogen and oxygen atoms in total. The number of rotatable bonds is 2. The molecule has 0 bridgehead atoms. The monoisotopic (exact) mass is 351 g/mol. The first-order valence-electron chi connectivity index (χ1n) is 8.83. The Morgan fingerprint density at radius 2 is 2.17 bits per heavy atom. The standard InChI is InChI=1S/C17H26ClN5O/c1-20(2)17-6-5-12(17)9-22(11-17)16(24)15-14(18)13-10-21(3)7-4-8-23(13)19-15/h12H,4-11H2,1-3H3. The Labute approximate surface area is 148 Å². The van der Waals surface area contributed by atoms with E-state index in [1.165, 1.54) is 12.8 Å². The molecule has 1 saturated carbocycles. The van der Waals surface area contributed by atoms with E-state index in [1.54, 1.807) is 0 Å². The van der Waals surface area contributed by atoms with Crippen LogP contribution in [0.25, 0.3) is 0 Å². The van der Waals surface area contributed by atoms with E-state index in [-0.39, 0.29) is 11.4 Å². The van der Waals surface area contributed by atoms with Gasteiger partial charge in [0.1, 0.15) is 0 Å². The molecule has 3 heterocycles. The summed E-state index contributed by atoms with van der Waals surface area (Å²) in [5.74, 6) is 0.584. The van der Waals surface area contributed by atoms with Gasteiger partial charge in [0.15, 0.2) is 5.69 Å². The van der Waals surface area contributed by atoms with E-state index in [0.717, 1.165) is 44.8 Å². The van der Waals surface area contributed by atoms with Gasteiger partial charge in [-0.25, -0.2) is 0 Å². The maximum atomic E-state index is 13.1. The Bertz CT molecular complexity index is 672. The van der Waals surface area contributed by atoms with E-state index in [1.807, 2.05) is 9.58 Å². The van der Waals surface area contributed by atoms with Crippen molar-refractivity contribution in [2.75, 3.05) is 40.8 Å². The van der Waals surface area contributed by atoms with Gasteiger partial charge in [-0.15, -0.1) is 0 Å². The summed E-state index contributed by atoms with van der Waals surface area (Å²) in [6.07, 6.45) is 3.41. The van der Waals surface area contributed by atoms with Crippen LogP contribution in [0.1, 0.15) is 35.4 Å². The van der Waals surface area contributed by atoms with Gasteiger partial charge in [-0.2, -0.15) is 5.10 Å². The van der Waals surface area contributed by atoms with E-state index in [9.17, 15) is 4.79 Å². The van der Waals surface area contributed by atoms with Gasteiger partial charge in [0, 0.05) is 38.3 Å². The van der Waals surface area contributed by atoms with Crippen LogP contribution in [0, 0.1) is 5.92 Å². The van der Waals surface area contributed by atoms with Crippen LogP contribution in [0.15, 0.2) is 0 Å². The van der Waals surface area contributed by atoms with Gasteiger partial charge in [0.2, 0.25) is 0 Å². The molecule has 1 saturated heterocycles. The zero-order chi connectivity index (χ0) is 17.1. The number of carbonyl (C=O) groups is 1. The van der Waals surface area contributed by atoms with Crippen LogP contribution in [-0.4, -0.2) is 76.7 Å². The van der Waals surface area contributed by atoms with Crippen LogP contribution < -0.4 is 0 Å². The van der Waals surface area contributed by atoms with Crippen LogP contribution in [-0.2, 0) is 13.1 Å². The number of aryl methyl sites for hydroxylation is 1. The summed E-state index contributed by atoms with van der Waals surface area (Å²) < 4.78 is 1.94. The van der Waals surface area contributed by atoms with Gasteiger partial charge in [0.05, 0.1) is 10.7 Å². The van der Waals surface area contributed by atoms with Crippen molar-refractivity contribution in [3.8, 4) is 0 Å². The van der Waals surface area contributed by atoms with E-state index >= 15 is 0 Å². The fraction of sp³-hybridized carbons (Fsp3) is 0.765. The maximum Gasteiger partial charge on any atom is 0.276 e. The summed E-state index contributed by atoms with van der Waals surface area (Å²) in [6, 6.07) is 0. The molecular weight excluding hydrogens is 326 g/mol. The highest BCUT2D eigenvalue weighted by molar-refractivity contribution is 6.34. The van der Waals surface area contributed by atoms with Crippen molar-refractivity contribution < 1.29 is 4.79 Å². The highest BCUT2D eigenvalue weighted by Gasteiger charge is 2.55. The quantitative estimate of drug-likeness (QED) is 0.810. The lowest BCUT2D eigenvalue weighted by Gasteiger charge is -2.48. The normalized spacial score (nSPS) is 30.0. The minimum atomic E-state index is -0.00106. The molecular formula is C17H26ClN5O.